The average molecular weight is 273 g/mol. The third kappa shape index (κ3) is 2.40. The molecule has 0 aliphatic carbocycles. The fourth-order valence-corrected chi connectivity index (χ4v) is 2.58. The lowest BCUT2D eigenvalue weighted by Gasteiger charge is -2.09. The van der Waals surface area contributed by atoms with Crippen LogP contribution in [-0.2, 0) is 10.0 Å². The summed E-state index contributed by atoms with van der Waals surface area (Å²) < 4.78 is 26.2. The Morgan fingerprint density at radius 1 is 1.47 bits per heavy atom. The van der Waals surface area contributed by atoms with E-state index in [2.05, 4.69) is 19.7 Å². The summed E-state index contributed by atoms with van der Waals surface area (Å²) in [7, 11) is -3.71. The lowest BCUT2D eigenvalue weighted by molar-refractivity contribution is 0.598. The molecule has 17 heavy (non-hydrogen) atoms. The second kappa shape index (κ2) is 4.34. The largest absolute Gasteiger partial charge is 0.334 e. The van der Waals surface area contributed by atoms with Crippen LogP contribution in [0.4, 0.5) is 5.69 Å². The predicted octanol–water partition coefficient (Wildman–Crippen LogP) is 1.57. The molecule has 0 aromatic carbocycles. The van der Waals surface area contributed by atoms with Gasteiger partial charge in [-0.05, 0) is 18.6 Å². The van der Waals surface area contributed by atoms with Crippen molar-refractivity contribution in [2.24, 2.45) is 0 Å². The highest BCUT2D eigenvalue weighted by atomic mass is 35.5. The first-order chi connectivity index (χ1) is 8.00. The van der Waals surface area contributed by atoms with Crippen molar-refractivity contribution in [2.75, 3.05) is 4.72 Å². The molecule has 0 radical (unpaired) electrons. The van der Waals surface area contributed by atoms with Gasteiger partial charge >= 0.3 is 0 Å². The van der Waals surface area contributed by atoms with Crippen LogP contribution in [0.2, 0.25) is 5.15 Å². The van der Waals surface area contributed by atoms with Crippen LogP contribution in [0.25, 0.3) is 0 Å². The number of nitrogens with one attached hydrogen (secondary N) is 2. The molecular weight excluding hydrogens is 264 g/mol. The van der Waals surface area contributed by atoms with Crippen molar-refractivity contribution in [3.63, 3.8) is 0 Å². The third-order valence-electron chi connectivity index (χ3n) is 2.11. The maximum atomic E-state index is 11.9. The van der Waals surface area contributed by atoms with Crippen LogP contribution in [0.15, 0.2) is 29.8 Å². The number of aromatic nitrogens is 3. The summed E-state index contributed by atoms with van der Waals surface area (Å²) in [6.07, 6.45) is 4.00. The number of hydrogen-bond acceptors (Lipinski definition) is 4. The summed E-state index contributed by atoms with van der Waals surface area (Å²) >= 11 is 5.83. The van der Waals surface area contributed by atoms with Gasteiger partial charge in [-0.1, -0.05) is 11.6 Å². The molecular formula is C9H9ClN4O2S. The number of halogens is 1. The Balaban J connectivity index is 2.40. The highest BCUT2D eigenvalue weighted by Crippen LogP contribution is 2.25. The lowest BCUT2D eigenvalue weighted by atomic mass is 10.3. The van der Waals surface area contributed by atoms with Crippen molar-refractivity contribution in [3.8, 4) is 0 Å². The molecule has 0 atom stereocenters. The van der Waals surface area contributed by atoms with Gasteiger partial charge in [0.05, 0.1) is 18.2 Å². The van der Waals surface area contributed by atoms with E-state index in [0.29, 0.717) is 5.56 Å². The van der Waals surface area contributed by atoms with E-state index in [0.717, 1.165) is 0 Å². The minimum Gasteiger partial charge on any atom is -0.334 e. The number of aromatic amines is 1. The fraction of sp³-hybridized carbons (Fsp3) is 0.111. The predicted molar refractivity (Wildman–Crippen MR) is 63.4 cm³/mol. The highest BCUT2D eigenvalue weighted by molar-refractivity contribution is 7.92. The lowest BCUT2D eigenvalue weighted by Crippen LogP contribution is -2.14. The first-order valence-electron chi connectivity index (χ1n) is 4.63. The van der Waals surface area contributed by atoms with Gasteiger partial charge in [0.1, 0.15) is 0 Å². The molecule has 0 unspecified atom stereocenters. The summed E-state index contributed by atoms with van der Waals surface area (Å²) in [5.41, 5.74) is 0.955. The molecule has 0 fully saturated rings. The van der Waals surface area contributed by atoms with Crippen LogP contribution in [0.1, 0.15) is 5.56 Å². The van der Waals surface area contributed by atoms with E-state index in [1.165, 1.54) is 18.7 Å². The van der Waals surface area contributed by atoms with Gasteiger partial charge in [-0.15, -0.1) is 0 Å². The van der Waals surface area contributed by atoms with Crippen molar-refractivity contribution in [1.29, 1.82) is 0 Å². The molecule has 0 spiro atoms. The Bertz CT molecular complexity index is 604. The average Bonchev–Trinajstić information content (AvgIpc) is 2.77. The zero-order chi connectivity index (χ0) is 12.5. The molecule has 0 amide bonds. The number of aryl methyl sites for hydroxylation is 1. The Morgan fingerprint density at radius 3 is 2.82 bits per heavy atom. The SMILES string of the molecule is Cc1ccnc(Cl)c1NS(=O)(=O)c1cnc[nH]1. The number of imidazole rings is 1. The topological polar surface area (TPSA) is 87.7 Å². The zero-order valence-electron chi connectivity index (χ0n) is 8.81. The van der Waals surface area contributed by atoms with Crippen LogP contribution in [0, 0.1) is 6.92 Å². The number of pyridine rings is 1. The van der Waals surface area contributed by atoms with Crippen molar-refractivity contribution in [1.82, 2.24) is 15.0 Å². The van der Waals surface area contributed by atoms with Gasteiger partial charge < -0.3 is 4.98 Å². The number of anilines is 1. The number of rotatable bonds is 3. The third-order valence-corrected chi connectivity index (χ3v) is 3.67. The monoisotopic (exact) mass is 272 g/mol. The summed E-state index contributed by atoms with van der Waals surface area (Å²) in [5, 5.41) is 0.0740. The highest BCUT2D eigenvalue weighted by Gasteiger charge is 2.18. The summed E-state index contributed by atoms with van der Waals surface area (Å²) in [5.74, 6) is 0. The van der Waals surface area contributed by atoms with E-state index < -0.39 is 10.0 Å². The van der Waals surface area contributed by atoms with Gasteiger partial charge in [-0.25, -0.2) is 9.97 Å². The minimum absolute atomic E-state index is 0.0307. The summed E-state index contributed by atoms with van der Waals surface area (Å²) in [4.78, 5) is 9.98. The molecule has 6 nitrogen and oxygen atoms in total. The molecule has 2 aromatic heterocycles. The quantitative estimate of drug-likeness (QED) is 0.830. The van der Waals surface area contributed by atoms with E-state index in [4.69, 9.17) is 11.6 Å². The Labute approximate surface area is 103 Å². The molecule has 2 rings (SSSR count). The molecule has 0 saturated carbocycles. The first-order valence-corrected chi connectivity index (χ1v) is 6.49. The normalized spacial score (nSPS) is 11.4. The minimum atomic E-state index is -3.71. The van der Waals surface area contributed by atoms with E-state index in [-0.39, 0.29) is 15.9 Å². The Morgan fingerprint density at radius 2 is 2.24 bits per heavy atom. The van der Waals surface area contributed by atoms with E-state index in [1.807, 2.05) is 0 Å². The smallest absolute Gasteiger partial charge is 0.279 e. The van der Waals surface area contributed by atoms with Gasteiger partial charge in [0.15, 0.2) is 10.2 Å². The van der Waals surface area contributed by atoms with Gasteiger partial charge in [0.25, 0.3) is 10.0 Å². The Hall–Kier alpha value is -1.60. The maximum Gasteiger partial charge on any atom is 0.279 e. The fourth-order valence-electron chi connectivity index (χ4n) is 1.23. The molecule has 8 heteroatoms. The summed E-state index contributed by atoms with van der Waals surface area (Å²) in [6, 6.07) is 1.66. The zero-order valence-corrected chi connectivity index (χ0v) is 10.4. The molecule has 0 bridgehead atoms. The van der Waals surface area contributed by atoms with Gasteiger partial charge in [-0.3, -0.25) is 4.72 Å². The molecule has 2 heterocycles. The van der Waals surface area contributed by atoms with Gasteiger partial charge in [-0.2, -0.15) is 8.42 Å². The van der Waals surface area contributed by atoms with Crippen LogP contribution in [0.5, 0.6) is 0 Å². The number of nitrogens with zero attached hydrogens (tertiary/aromatic N) is 2. The number of sulfonamides is 1. The van der Waals surface area contributed by atoms with Crippen LogP contribution in [-0.4, -0.2) is 23.4 Å². The second-order valence-corrected chi connectivity index (χ2v) is 5.32. The molecule has 90 valence electrons. The molecule has 0 aliphatic heterocycles. The molecule has 0 saturated heterocycles. The Kier molecular flexibility index (Phi) is 3.03. The van der Waals surface area contributed by atoms with Crippen molar-refractivity contribution < 1.29 is 8.42 Å². The van der Waals surface area contributed by atoms with Gasteiger partial charge in [0.2, 0.25) is 0 Å². The van der Waals surface area contributed by atoms with Crippen molar-refractivity contribution >= 4 is 27.3 Å². The van der Waals surface area contributed by atoms with Crippen LogP contribution < -0.4 is 4.72 Å². The maximum absolute atomic E-state index is 11.9. The van der Waals surface area contributed by atoms with Crippen LogP contribution in [0.3, 0.4) is 0 Å². The standard InChI is InChI=1S/C9H9ClN4O2S/c1-6-2-3-12-9(10)8(6)14-17(15,16)7-4-11-5-13-7/h2-5,14H,1H3,(H,11,13). The van der Waals surface area contributed by atoms with E-state index in [9.17, 15) is 8.42 Å². The van der Waals surface area contributed by atoms with E-state index in [1.54, 1.807) is 13.0 Å². The van der Waals surface area contributed by atoms with Crippen molar-refractivity contribution in [2.45, 2.75) is 11.9 Å². The number of hydrogen-bond donors (Lipinski definition) is 2. The second-order valence-electron chi connectivity index (χ2n) is 3.32. The number of H-pyrrole nitrogens is 1. The first kappa shape index (κ1) is 11.9. The molecule has 2 N–H and O–H groups in total. The van der Waals surface area contributed by atoms with Crippen LogP contribution >= 0.6 is 11.6 Å². The molecule has 0 aliphatic rings. The van der Waals surface area contributed by atoms with Crippen molar-refractivity contribution in [3.05, 3.63) is 35.5 Å². The van der Waals surface area contributed by atoms with Gasteiger partial charge in [0, 0.05) is 6.20 Å². The van der Waals surface area contributed by atoms with E-state index >= 15 is 0 Å². The summed E-state index contributed by atoms with van der Waals surface area (Å²) in [6.45, 7) is 1.73. The molecule has 2 aromatic rings.